The predicted octanol–water partition coefficient (Wildman–Crippen LogP) is 5.64. The lowest BCUT2D eigenvalue weighted by Gasteiger charge is -2.09. The van der Waals surface area contributed by atoms with Crippen molar-refractivity contribution in [3.8, 4) is 22.5 Å². The Hall–Kier alpha value is -4.17. The molecule has 0 spiro atoms. The van der Waals surface area contributed by atoms with Gasteiger partial charge in [-0.25, -0.2) is 23.3 Å². The van der Waals surface area contributed by atoms with Crippen LogP contribution in [0, 0.1) is 11.6 Å². The van der Waals surface area contributed by atoms with Gasteiger partial charge in [0.25, 0.3) is 5.91 Å². The molecule has 0 saturated heterocycles. The van der Waals surface area contributed by atoms with Crippen molar-refractivity contribution in [2.75, 3.05) is 5.32 Å². The Labute approximate surface area is 191 Å². The molecule has 0 saturated carbocycles. The number of hydrogen-bond donors (Lipinski definition) is 1. The predicted molar refractivity (Wildman–Crippen MR) is 121 cm³/mol. The molecule has 0 aliphatic carbocycles. The zero-order valence-corrected chi connectivity index (χ0v) is 17.6. The molecule has 5 rings (SSSR count). The fourth-order valence-corrected chi connectivity index (χ4v) is 3.69. The highest BCUT2D eigenvalue weighted by molar-refractivity contribution is 6.28. The van der Waals surface area contributed by atoms with Crippen LogP contribution in [-0.4, -0.2) is 25.5 Å². The van der Waals surface area contributed by atoms with Crippen LogP contribution in [0.5, 0.6) is 0 Å². The van der Waals surface area contributed by atoms with Gasteiger partial charge in [-0.1, -0.05) is 18.2 Å². The Morgan fingerprint density at radius 2 is 1.88 bits per heavy atom. The lowest BCUT2D eigenvalue weighted by Crippen LogP contribution is -2.14. The molecular weight excluding hydrogens is 448 g/mol. The van der Waals surface area contributed by atoms with Gasteiger partial charge in [-0.05, 0) is 60.1 Å². The fraction of sp³-hybridized carbons (Fsp3) is 0. The monoisotopic (exact) mass is 461 g/mol. The van der Waals surface area contributed by atoms with Gasteiger partial charge in [0.05, 0.1) is 22.3 Å². The summed E-state index contributed by atoms with van der Waals surface area (Å²) in [5, 5.41) is 7.40. The number of fused-ring (bicyclic) bond motifs is 1. The Morgan fingerprint density at radius 3 is 2.73 bits per heavy atom. The lowest BCUT2D eigenvalue weighted by molar-refractivity contribution is 0.102. The van der Waals surface area contributed by atoms with Crippen LogP contribution in [0.1, 0.15) is 10.4 Å². The minimum absolute atomic E-state index is 0.104. The van der Waals surface area contributed by atoms with E-state index in [0.29, 0.717) is 22.6 Å². The van der Waals surface area contributed by atoms with Crippen molar-refractivity contribution < 1.29 is 13.6 Å². The van der Waals surface area contributed by atoms with Crippen LogP contribution in [0.25, 0.3) is 28.0 Å². The molecule has 0 radical (unpaired) electrons. The molecule has 0 atom stereocenters. The molecule has 162 valence electrons. The SMILES string of the molecule is O=C(Nc1cccc(-c2nn3ccccc3c2-c2ccnc(Cl)n2)c1)c1cc(F)ccc1F. The Balaban J connectivity index is 1.58. The van der Waals surface area contributed by atoms with E-state index in [1.54, 1.807) is 35.0 Å². The quantitative estimate of drug-likeness (QED) is 0.351. The van der Waals surface area contributed by atoms with E-state index in [2.05, 4.69) is 20.4 Å². The third-order valence-corrected chi connectivity index (χ3v) is 5.17. The normalized spacial score (nSPS) is 11.0. The summed E-state index contributed by atoms with van der Waals surface area (Å²) in [6.45, 7) is 0. The van der Waals surface area contributed by atoms with Crippen molar-refractivity contribution in [1.82, 2.24) is 19.6 Å². The Kier molecular flexibility index (Phi) is 5.27. The Bertz CT molecular complexity index is 1520. The van der Waals surface area contributed by atoms with Gasteiger partial charge in [0, 0.05) is 23.6 Å². The number of carbonyl (C=O) groups is 1. The number of nitrogens with zero attached hydrogens (tertiary/aromatic N) is 4. The molecular formula is C24H14ClF2N5O. The molecule has 1 N–H and O–H groups in total. The number of amides is 1. The molecule has 9 heteroatoms. The summed E-state index contributed by atoms with van der Waals surface area (Å²) >= 11 is 6.02. The first-order chi connectivity index (χ1) is 16.0. The van der Waals surface area contributed by atoms with Crippen molar-refractivity contribution in [1.29, 1.82) is 0 Å². The molecule has 0 bridgehead atoms. The van der Waals surface area contributed by atoms with Crippen LogP contribution in [0.4, 0.5) is 14.5 Å². The molecule has 0 aliphatic rings. The summed E-state index contributed by atoms with van der Waals surface area (Å²) in [6.07, 6.45) is 3.37. The third kappa shape index (κ3) is 4.04. The maximum Gasteiger partial charge on any atom is 0.258 e. The van der Waals surface area contributed by atoms with Gasteiger partial charge in [0.1, 0.15) is 17.3 Å². The zero-order chi connectivity index (χ0) is 22.9. The van der Waals surface area contributed by atoms with E-state index in [0.717, 1.165) is 29.3 Å². The van der Waals surface area contributed by atoms with Crippen LogP contribution < -0.4 is 5.32 Å². The van der Waals surface area contributed by atoms with Crippen LogP contribution >= 0.6 is 11.6 Å². The first kappa shape index (κ1) is 20.7. The standard InChI is InChI=1S/C24H14ClF2N5O/c25-24-28-10-9-19(30-24)21-20-6-1-2-11-32(20)31-22(21)14-4-3-5-16(12-14)29-23(33)17-13-15(26)7-8-18(17)27/h1-13H,(H,29,33). The molecule has 3 heterocycles. The van der Waals surface area contributed by atoms with Crippen molar-refractivity contribution in [3.63, 3.8) is 0 Å². The molecule has 6 nitrogen and oxygen atoms in total. The second-order valence-corrected chi connectivity index (χ2v) is 7.46. The number of nitrogens with one attached hydrogen (secondary N) is 1. The van der Waals surface area contributed by atoms with Crippen molar-refractivity contribution >= 4 is 28.7 Å². The van der Waals surface area contributed by atoms with Crippen LogP contribution in [0.15, 0.2) is 79.1 Å². The number of rotatable bonds is 4. The average Bonchev–Trinajstić information content (AvgIpc) is 3.20. The summed E-state index contributed by atoms with van der Waals surface area (Å²) < 4.78 is 29.2. The van der Waals surface area contributed by atoms with E-state index in [-0.39, 0.29) is 10.8 Å². The van der Waals surface area contributed by atoms with Gasteiger partial charge in [0.15, 0.2) is 0 Å². The van der Waals surface area contributed by atoms with E-state index in [1.807, 2.05) is 30.5 Å². The van der Waals surface area contributed by atoms with Crippen molar-refractivity contribution in [2.45, 2.75) is 0 Å². The number of aromatic nitrogens is 4. The summed E-state index contributed by atoms with van der Waals surface area (Å²) in [5.74, 6) is -2.27. The smallest absolute Gasteiger partial charge is 0.258 e. The zero-order valence-electron chi connectivity index (χ0n) is 16.8. The van der Waals surface area contributed by atoms with Crippen molar-refractivity contribution in [2.24, 2.45) is 0 Å². The van der Waals surface area contributed by atoms with E-state index in [4.69, 9.17) is 11.6 Å². The molecule has 0 aliphatic heterocycles. The first-order valence-corrected chi connectivity index (χ1v) is 10.2. The second kappa shape index (κ2) is 8.40. The van der Waals surface area contributed by atoms with E-state index in [1.165, 1.54) is 0 Å². The number of anilines is 1. The summed E-state index contributed by atoms with van der Waals surface area (Å²) in [6, 6.07) is 17.0. The van der Waals surface area contributed by atoms with Crippen molar-refractivity contribution in [3.05, 3.63) is 102 Å². The lowest BCUT2D eigenvalue weighted by atomic mass is 10.0. The number of hydrogen-bond acceptors (Lipinski definition) is 4. The molecule has 2 aromatic carbocycles. The van der Waals surface area contributed by atoms with Gasteiger partial charge in [-0.3, -0.25) is 4.79 Å². The highest BCUT2D eigenvalue weighted by Crippen LogP contribution is 2.35. The van der Waals surface area contributed by atoms with E-state index in [9.17, 15) is 13.6 Å². The van der Waals surface area contributed by atoms with Gasteiger partial charge < -0.3 is 5.32 Å². The molecule has 0 unspecified atom stereocenters. The number of benzene rings is 2. The average molecular weight is 462 g/mol. The molecule has 1 amide bonds. The summed E-state index contributed by atoms with van der Waals surface area (Å²) in [4.78, 5) is 20.8. The van der Waals surface area contributed by atoms with Gasteiger partial charge >= 0.3 is 0 Å². The molecule has 3 aromatic heterocycles. The van der Waals surface area contributed by atoms with E-state index >= 15 is 0 Å². The van der Waals surface area contributed by atoms with Gasteiger partial charge in [-0.2, -0.15) is 5.10 Å². The fourth-order valence-electron chi connectivity index (χ4n) is 3.54. The first-order valence-electron chi connectivity index (χ1n) is 9.83. The molecule has 5 aromatic rings. The molecule has 0 fully saturated rings. The number of halogens is 3. The van der Waals surface area contributed by atoms with Crippen LogP contribution in [-0.2, 0) is 0 Å². The van der Waals surface area contributed by atoms with Gasteiger partial charge in [-0.15, -0.1) is 0 Å². The summed E-state index contributed by atoms with van der Waals surface area (Å²) in [7, 11) is 0. The Morgan fingerprint density at radius 1 is 1.00 bits per heavy atom. The maximum atomic E-state index is 14.0. The maximum absolute atomic E-state index is 14.0. The minimum Gasteiger partial charge on any atom is -0.322 e. The highest BCUT2D eigenvalue weighted by atomic mass is 35.5. The van der Waals surface area contributed by atoms with Crippen LogP contribution in [0.2, 0.25) is 5.28 Å². The second-order valence-electron chi connectivity index (χ2n) is 7.12. The molecule has 33 heavy (non-hydrogen) atoms. The topological polar surface area (TPSA) is 72.2 Å². The third-order valence-electron chi connectivity index (χ3n) is 4.99. The van der Waals surface area contributed by atoms with Gasteiger partial charge in [0.2, 0.25) is 5.28 Å². The largest absolute Gasteiger partial charge is 0.322 e. The minimum atomic E-state index is -0.812. The van der Waals surface area contributed by atoms with Crippen LogP contribution in [0.3, 0.4) is 0 Å². The number of pyridine rings is 1. The summed E-state index contributed by atoms with van der Waals surface area (Å²) in [5.41, 5.74) is 3.42. The number of carbonyl (C=O) groups excluding carboxylic acids is 1. The van der Waals surface area contributed by atoms with E-state index < -0.39 is 17.5 Å². The highest BCUT2D eigenvalue weighted by Gasteiger charge is 2.19.